The van der Waals surface area contributed by atoms with Crippen LogP contribution in [0.5, 0.6) is 0 Å². The minimum Gasteiger partial charge on any atom is -0.313 e. The average Bonchev–Trinajstić information content (AvgIpc) is 2.83. The maximum absolute atomic E-state index is 4.63. The molecule has 0 saturated carbocycles. The fraction of sp³-hybridized carbons (Fsp3) is 0.500. The van der Waals surface area contributed by atoms with Crippen molar-refractivity contribution in [1.29, 1.82) is 0 Å². The number of aryl methyl sites for hydroxylation is 2. The highest BCUT2D eigenvalue weighted by Crippen LogP contribution is 2.19. The molecule has 0 aliphatic heterocycles. The van der Waals surface area contributed by atoms with Gasteiger partial charge in [-0.15, -0.1) is 0 Å². The second-order valence-corrected chi connectivity index (χ2v) is 5.61. The van der Waals surface area contributed by atoms with Crippen molar-refractivity contribution in [2.75, 3.05) is 7.05 Å². The van der Waals surface area contributed by atoms with Crippen LogP contribution in [-0.2, 0) is 6.42 Å². The first-order chi connectivity index (χ1) is 9.49. The topological polar surface area (TPSA) is 42.7 Å². The van der Waals surface area contributed by atoms with Crippen LogP contribution < -0.4 is 5.32 Å². The van der Waals surface area contributed by atoms with E-state index in [-0.39, 0.29) is 6.04 Å². The van der Waals surface area contributed by atoms with E-state index < -0.39 is 0 Å². The first-order valence-electron chi connectivity index (χ1n) is 7.16. The zero-order valence-electron chi connectivity index (χ0n) is 13.0. The van der Waals surface area contributed by atoms with Gasteiger partial charge in [-0.3, -0.25) is 9.67 Å². The van der Waals surface area contributed by atoms with Crippen molar-refractivity contribution in [1.82, 2.24) is 20.1 Å². The van der Waals surface area contributed by atoms with Gasteiger partial charge in [-0.2, -0.15) is 5.10 Å². The summed E-state index contributed by atoms with van der Waals surface area (Å²) < 4.78 is 2.01. The molecule has 4 heteroatoms. The summed E-state index contributed by atoms with van der Waals surface area (Å²) in [5, 5.41) is 8.01. The fourth-order valence-corrected chi connectivity index (χ4v) is 2.44. The quantitative estimate of drug-likeness (QED) is 0.910. The molecule has 2 aromatic heterocycles. The third kappa shape index (κ3) is 3.45. The van der Waals surface area contributed by atoms with Crippen molar-refractivity contribution in [3.05, 3.63) is 47.0 Å². The van der Waals surface area contributed by atoms with Gasteiger partial charge in [0.2, 0.25) is 0 Å². The predicted octanol–water partition coefficient (Wildman–Crippen LogP) is 2.98. The second-order valence-electron chi connectivity index (χ2n) is 5.61. The Bertz CT molecular complexity index is 551. The normalized spacial score (nSPS) is 12.9. The van der Waals surface area contributed by atoms with Crippen molar-refractivity contribution in [3.8, 4) is 0 Å². The molecule has 4 nitrogen and oxygen atoms in total. The van der Waals surface area contributed by atoms with Crippen molar-refractivity contribution >= 4 is 0 Å². The third-order valence-corrected chi connectivity index (χ3v) is 3.46. The van der Waals surface area contributed by atoms with Crippen molar-refractivity contribution in [2.45, 2.75) is 46.2 Å². The van der Waals surface area contributed by atoms with E-state index in [1.165, 1.54) is 5.56 Å². The lowest BCUT2D eigenvalue weighted by atomic mass is 10.0. The maximum atomic E-state index is 4.63. The average molecular weight is 272 g/mol. The summed E-state index contributed by atoms with van der Waals surface area (Å²) in [7, 11) is 2.00. The number of hydrogen-bond donors (Lipinski definition) is 1. The van der Waals surface area contributed by atoms with Gasteiger partial charge < -0.3 is 5.32 Å². The highest BCUT2D eigenvalue weighted by Gasteiger charge is 2.13. The van der Waals surface area contributed by atoms with Gasteiger partial charge in [0.05, 0.1) is 5.69 Å². The van der Waals surface area contributed by atoms with E-state index in [4.69, 9.17) is 0 Å². The summed E-state index contributed by atoms with van der Waals surface area (Å²) >= 11 is 0. The zero-order chi connectivity index (χ0) is 14.7. The van der Waals surface area contributed by atoms with Gasteiger partial charge in [-0.05, 0) is 58.5 Å². The molecule has 0 saturated heterocycles. The molecule has 1 N–H and O–H groups in total. The Balaban J connectivity index is 2.19. The molecule has 2 heterocycles. The van der Waals surface area contributed by atoms with E-state index in [1.807, 2.05) is 25.6 Å². The van der Waals surface area contributed by atoms with Gasteiger partial charge in [0, 0.05) is 36.1 Å². The molecule has 20 heavy (non-hydrogen) atoms. The summed E-state index contributed by atoms with van der Waals surface area (Å²) in [5.41, 5.74) is 4.52. The Labute approximate surface area is 121 Å². The molecular formula is C16H24N4. The lowest BCUT2D eigenvalue weighted by molar-refractivity contribution is 0.514. The Morgan fingerprint density at radius 1 is 1.20 bits per heavy atom. The van der Waals surface area contributed by atoms with E-state index in [2.05, 4.69) is 53.6 Å². The van der Waals surface area contributed by atoms with Gasteiger partial charge in [0.1, 0.15) is 0 Å². The first-order valence-corrected chi connectivity index (χ1v) is 7.16. The number of nitrogens with one attached hydrogen (secondary N) is 1. The van der Waals surface area contributed by atoms with Crippen LogP contribution in [0.2, 0.25) is 0 Å². The highest BCUT2D eigenvalue weighted by molar-refractivity contribution is 5.25. The summed E-state index contributed by atoms with van der Waals surface area (Å²) in [6.45, 7) is 8.36. The number of pyridine rings is 1. The molecule has 0 amide bonds. The van der Waals surface area contributed by atoms with E-state index in [0.717, 1.165) is 23.5 Å². The number of aromatic nitrogens is 3. The molecule has 0 aliphatic carbocycles. The smallest absolute Gasteiger partial charge is 0.0643 e. The Hall–Kier alpha value is -1.68. The van der Waals surface area contributed by atoms with E-state index in [0.29, 0.717) is 6.04 Å². The van der Waals surface area contributed by atoms with E-state index in [1.54, 1.807) is 0 Å². The Morgan fingerprint density at radius 3 is 2.35 bits per heavy atom. The molecule has 1 unspecified atom stereocenters. The summed E-state index contributed by atoms with van der Waals surface area (Å²) in [6, 6.07) is 7.07. The lowest BCUT2D eigenvalue weighted by Crippen LogP contribution is -2.19. The van der Waals surface area contributed by atoms with Gasteiger partial charge in [-0.25, -0.2) is 0 Å². The molecular weight excluding hydrogens is 248 g/mol. The number of rotatable bonds is 5. The van der Waals surface area contributed by atoms with Crippen molar-refractivity contribution in [2.24, 2.45) is 0 Å². The summed E-state index contributed by atoms with van der Waals surface area (Å²) in [5.74, 6) is 0. The van der Waals surface area contributed by atoms with Crippen molar-refractivity contribution in [3.63, 3.8) is 0 Å². The SMILES string of the molecule is CNC(Cc1ccn(C(C)C)n1)c1cc(C)nc(C)c1. The van der Waals surface area contributed by atoms with Gasteiger partial charge >= 0.3 is 0 Å². The Kier molecular flexibility index (Phi) is 4.55. The number of hydrogen-bond acceptors (Lipinski definition) is 3. The molecule has 108 valence electrons. The first kappa shape index (κ1) is 14.7. The molecule has 1 atom stereocenters. The predicted molar refractivity (Wildman–Crippen MR) is 81.8 cm³/mol. The van der Waals surface area contributed by atoms with E-state index >= 15 is 0 Å². The molecule has 0 bridgehead atoms. The van der Waals surface area contributed by atoms with Crippen LogP contribution in [-0.4, -0.2) is 21.8 Å². The lowest BCUT2D eigenvalue weighted by Gasteiger charge is -2.16. The van der Waals surface area contributed by atoms with Crippen LogP contribution in [0, 0.1) is 13.8 Å². The maximum Gasteiger partial charge on any atom is 0.0643 e. The fourth-order valence-electron chi connectivity index (χ4n) is 2.44. The van der Waals surface area contributed by atoms with Crippen molar-refractivity contribution < 1.29 is 0 Å². The summed E-state index contributed by atoms with van der Waals surface area (Å²) in [6.07, 6.45) is 2.94. The standard InChI is InChI=1S/C16H24N4/c1-11(2)20-7-6-15(19-20)10-16(17-5)14-8-12(3)18-13(4)9-14/h6-9,11,16-17H,10H2,1-5H3. The van der Waals surface area contributed by atoms with Crippen LogP contribution in [0.4, 0.5) is 0 Å². The van der Waals surface area contributed by atoms with Crippen LogP contribution in [0.3, 0.4) is 0 Å². The second kappa shape index (κ2) is 6.18. The molecule has 2 rings (SSSR count). The van der Waals surface area contributed by atoms with Gasteiger partial charge in [0.25, 0.3) is 0 Å². The Morgan fingerprint density at radius 2 is 1.85 bits per heavy atom. The van der Waals surface area contributed by atoms with E-state index in [9.17, 15) is 0 Å². The molecule has 0 radical (unpaired) electrons. The largest absolute Gasteiger partial charge is 0.313 e. The zero-order valence-corrected chi connectivity index (χ0v) is 13.0. The molecule has 0 spiro atoms. The number of likely N-dealkylation sites (N-methyl/N-ethyl adjacent to an activating group) is 1. The van der Waals surface area contributed by atoms with Crippen LogP contribution in [0.15, 0.2) is 24.4 Å². The molecule has 0 aromatic carbocycles. The van der Waals surface area contributed by atoms with Gasteiger partial charge in [0.15, 0.2) is 0 Å². The van der Waals surface area contributed by atoms with Gasteiger partial charge in [-0.1, -0.05) is 0 Å². The van der Waals surface area contributed by atoms with Crippen LogP contribution in [0.25, 0.3) is 0 Å². The minimum absolute atomic E-state index is 0.269. The monoisotopic (exact) mass is 272 g/mol. The van der Waals surface area contributed by atoms with Crippen LogP contribution in [0.1, 0.15) is 48.6 Å². The summed E-state index contributed by atoms with van der Waals surface area (Å²) in [4.78, 5) is 4.44. The minimum atomic E-state index is 0.269. The highest BCUT2D eigenvalue weighted by atomic mass is 15.3. The van der Waals surface area contributed by atoms with Crippen LogP contribution >= 0.6 is 0 Å². The molecule has 0 aliphatic rings. The molecule has 2 aromatic rings. The molecule has 0 fully saturated rings. The third-order valence-electron chi connectivity index (χ3n) is 3.46. The number of nitrogens with zero attached hydrogens (tertiary/aromatic N) is 3.